The molecule has 8 nitrogen and oxygen atoms in total. The van der Waals surface area contributed by atoms with Gasteiger partial charge in [0.05, 0.1) is 18.0 Å². The van der Waals surface area contributed by atoms with Crippen LogP contribution in [0.3, 0.4) is 0 Å². The van der Waals surface area contributed by atoms with Gasteiger partial charge in [-0.1, -0.05) is 152 Å². The van der Waals surface area contributed by atoms with Crippen molar-refractivity contribution in [2.75, 3.05) is 17.5 Å². The van der Waals surface area contributed by atoms with Gasteiger partial charge in [-0.25, -0.2) is 8.42 Å². The maximum absolute atomic E-state index is 12.4. The summed E-state index contributed by atoms with van der Waals surface area (Å²) in [5.41, 5.74) is 7.20. The Morgan fingerprint density at radius 1 is 0.517 bits per heavy atom. The number of hydrogen-bond donors (Lipinski definition) is 3. The Hall–Kier alpha value is -6.39. The van der Waals surface area contributed by atoms with E-state index < -0.39 is 16.1 Å². The topological polar surface area (TPSA) is 106 Å². The van der Waals surface area contributed by atoms with Gasteiger partial charge >= 0.3 is 0 Å². The van der Waals surface area contributed by atoms with Crippen molar-refractivity contribution in [2.24, 2.45) is 0 Å². The summed E-state index contributed by atoms with van der Waals surface area (Å²) in [6.45, 7) is 1.37. The Kier molecular flexibility index (Phi) is 14.3. The fourth-order valence-electron chi connectivity index (χ4n) is 7.13. The number of nitrogens with one attached hydrogen (secondary N) is 2. The van der Waals surface area contributed by atoms with Crippen molar-refractivity contribution in [2.45, 2.75) is 44.3 Å². The first-order valence-electron chi connectivity index (χ1n) is 20.0. The molecule has 9 heteroatoms. The zero-order chi connectivity index (χ0) is 41.6. The highest BCUT2D eigenvalue weighted by molar-refractivity contribution is 7.92. The lowest BCUT2D eigenvalue weighted by Crippen LogP contribution is -2.39. The van der Waals surface area contributed by atoms with Crippen LogP contribution >= 0.6 is 0 Å². The third-order valence-electron chi connectivity index (χ3n) is 10.2. The summed E-state index contributed by atoms with van der Waals surface area (Å²) in [4.78, 5) is 0. The number of hydrogen-bond acceptors (Lipinski definition) is 7. The largest absolute Gasteiger partial charge is 0.489 e. The fraction of sp³-hybridized carbons (Fsp3) is 0.176. The number of aliphatic hydroxyl groups is 1. The minimum Gasteiger partial charge on any atom is -0.489 e. The van der Waals surface area contributed by atoms with E-state index in [0.29, 0.717) is 30.9 Å². The second-order valence-electron chi connectivity index (χ2n) is 14.8. The molecule has 3 N–H and O–H groups in total. The maximum atomic E-state index is 12.4. The van der Waals surface area contributed by atoms with E-state index in [1.54, 1.807) is 18.2 Å². The summed E-state index contributed by atoms with van der Waals surface area (Å²) < 4.78 is 45.8. The van der Waals surface area contributed by atoms with Crippen LogP contribution in [0.15, 0.2) is 188 Å². The molecule has 0 aromatic heterocycles. The van der Waals surface area contributed by atoms with Crippen molar-refractivity contribution >= 4 is 15.7 Å². The van der Waals surface area contributed by atoms with Gasteiger partial charge in [0, 0.05) is 18.5 Å². The zero-order valence-corrected chi connectivity index (χ0v) is 34.4. The van der Waals surface area contributed by atoms with Crippen molar-refractivity contribution in [3.05, 3.63) is 227 Å². The predicted molar refractivity (Wildman–Crippen MR) is 239 cm³/mol. The van der Waals surface area contributed by atoms with Crippen LogP contribution in [0.2, 0.25) is 0 Å². The third kappa shape index (κ3) is 12.3. The van der Waals surface area contributed by atoms with E-state index in [1.165, 1.54) is 0 Å². The molecule has 0 heterocycles. The summed E-state index contributed by atoms with van der Waals surface area (Å²) in [7, 11) is -3.65. The summed E-state index contributed by atoms with van der Waals surface area (Å²) in [6.07, 6.45) is 0.774. The van der Waals surface area contributed by atoms with Crippen molar-refractivity contribution < 1.29 is 27.7 Å². The summed E-state index contributed by atoms with van der Waals surface area (Å²) in [6, 6.07) is 61.5. The van der Waals surface area contributed by atoms with Crippen LogP contribution < -0.4 is 24.2 Å². The lowest BCUT2D eigenvalue weighted by Gasteiger charge is -2.31. The number of anilines is 1. The molecule has 0 amide bonds. The third-order valence-corrected chi connectivity index (χ3v) is 10.8. The van der Waals surface area contributed by atoms with E-state index >= 15 is 0 Å². The quantitative estimate of drug-likeness (QED) is 0.0704. The molecule has 0 aliphatic rings. The van der Waals surface area contributed by atoms with Gasteiger partial charge in [-0.15, -0.1) is 0 Å². The van der Waals surface area contributed by atoms with E-state index in [0.717, 1.165) is 51.1 Å². The molecule has 306 valence electrons. The first-order chi connectivity index (χ1) is 29.3. The Bertz CT molecular complexity index is 2380. The van der Waals surface area contributed by atoms with Crippen molar-refractivity contribution in [3.8, 4) is 17.2 Å². The molecular formula is C51H50N2O6S. The van der Waals surface area contributed by atoms with Gasteiger partial charge in [-0.3, -0.25) is 4.72 Å². The van der Waals surface area contributed by atoms with Crippen LogP contribution in [-0.2, 0) is 36.3 Å². The van der Waals surface area contributed by atoms with Gasteiger partial charge in [0.1, 0.15) is 37.1 Å². The molecule has 0 saturated carbocycles. The molecule has 0 fully saturated rings. The molecule has 0 aliphatic carbocycles. The van der Waals surface area contributed by atoms with Crippen LogP contribution in [-0.4, -0.2) is 32.4 Å². The number of rotatable bonds is 20. The Labute approximate surface area is 353 Å². The lowest BCUT2D eigenvalue weighted by atomic mass is 9.82. The number of aliphatic hydroxyl groups excluding tert-OH is 1. The van der Waals surface area contributed by atoms with E-state index in [4.69, 9.17) is 14.2 Å². The van der Waals surface area contributed by atoms with Crippen molar-refractivity contribution in [1.82, 2.24) is 5.32 Å². The highest BCUT2D eigenvalue weighted by Crippen LogP contribution is 2.34. The van der Waals surface area contributed by atoms with Crippen molar-refractivity contribution in [3.63, 3.8) is 0 Å². The fourth-order valence-corrected chi connectivity index (χ4v) is 7.69. The Morgan fingerprint density at radius 2 is 0.933 bits per heavy atom. The number of benzene rings is 7. The number of sulfonamides is 1. The molecule has 2 atom stereocenters. The molecule has 7 aromatic carbocycles. The molecule has 0 saturated heterocycles. The first-order valence-corrected chi connectivity index (χ1v) is 21.9. The molecule has 7 aromatic rings. The van der Waals surface area contributed by atoms with Gasteiger partial charge in [0.25, 0.3) is 0 Å². The van der Waals surface area contributed by atoms with E-state index in [1.807, 2.05) is 133 Å². The second kappa shape index (κ2) is 20.5. The van der Waals surface area contributed by atoms with E-state index in [-0.39, 0.29) is 30.8 Å². The first kappa shape index (κ1) is 41.8. The zero-order valence-electron chi connectivity index (χ0n) is 33.6. The lowest BCUT2D eigenvalue weighted by molar-refractivity contribution is 0.168. The minimum atomic E-state index is -3.65. The molecule has 7 rings (SSSR count). The van der Waals surface area contributed by atoms with Crippen LogP contribution in [0.1, 0.15) is 51.0 Å². The highest BCUT2D eigenvalue weighted by Gasteiger charge is 2.27. The van der Waals surface area contributed by atoms with Crippen LogP contribution in [0, 0.1) is 0 Å². The average molecular weight is 819 g/mol. The van der Waals surface area contributed by atoms with Gasteiger partial charge in [0.2, 0.25) is 10.0 Å². The molecule has 1 unspecified atom stereocenters. The maximum Gasteiger partial charge on any atom is 0.229 e. The SMILES string of the molecule is CS(=O)(=O)Nc1cc([C@@H](O)CNC(Cc2ccccc2)C(c2ccc(OCc3ccccc3)cc2)c2ccc(OCc3ccccc3)cc2)ccc1OCc1ccccc1. The van der Waals surface area contributed by atoms with Crippen LogP contribution in [0.25, 0.3) is 0 Å². The van der Waals surface area contributed by atoms with Crippen LogP contribution in [0.5, 0.6) is 17.2 Å². The Morgan fingerprint density at radius 3 is 1.38 bits per heavy atom. The highest BCUT2D eigenvalue weighted by atomic mass is 32.2. The van der Waals surface area contributed by atoms with Crippen molar-refractivity contribution in [1.29, 1.82) is 0 Å². The molecule has 0 spiro atoms. The summed E-state index contributed by atoms with van der Waals surface area (Å²) in [5.74, 6) is 1.75. The summed E-state index contributed by atoms with van der Waals surface area (Å²) in [5, 5.41) is 15.5. The standard InChI is InChI=1S/C51H50N2O6S/c1-60(55,56)53-47-33-44(26-31-50(47)59-37-41-20-12-5-13-21-41)49(54)34-52-48(32-38-14-6-2-7-15-38)51(42-22-27-45(28-23-42)57-35-39-16-8-3-9-17-39)43-24-29-46(30-25-43)58-36-40-18-10-4-11-19-40/h2-31,33,48-49,51-54H,32,34-37H2,1H3/t48?,49-/m0/s1. The van der Waals surface area contributed by atoms with E-state index in [9.17, 15) is 13.5 Å². The van der Waals surface area contributed by atoms with Crippen LogP contribution in [0.4, 0.5) is 5.69 Å². The molecule has 0 bridgehead atoms. The smallest absolute Gasteiger partial charge is 0.229 e. The van der Waals surface area contributed by atoms with Gasteiger partial charge in [-0.2, -0.15) is 0 Å². The molecule has 0 aliphatic heterocycles. The molecule has 0 radical (unpaired) electrons. The van der Waals surface area contributed by atoms with Gasteiger partial charge in [0.15, 0.2) is 0 Å². The average Bonchev–Trinajstić information content (AvgIpc) is 3.28. The van der Waals surface area contributed by atoms with Gasteiger partial charge in [-0.05, 0) is 81.8 Å². The normalized spacial score (nSPS) is 12.4. The predicted octanol–water partition coefficient (Wildman–Crippen LogP) is 9.86. The van der Waals surface area contributed by atoms with Gasteiger partial charge < -0.3 is 24.6 Å². The monoisotopic (exact) mass is 818 g/mol. The second-order valence-corrected chi connectivity index (χ2v) is 16.5. The minimum absolute atomic E-state index is 0.153. The van der Waals surface area contributed by atoms with E-state index in [2.05, 4.69) is 46.4 Å². The molecule has 60 heavy (non-hydrogen) atoms. The number of ether oxygens (including phenoxy) is 3. The molecular weight excluding hydrogens is 769 g/mol. The Balaban J connectivity index is 1.16. The summed E-state index contributed by atoms with van der Waals surface area (Å²) >= 11 is 0.